The number of rotatable bonds is 8. The Labute approximate surface area is 118 Å². The van der Waals surface area contributed by atoms with Crippen LogP contribution in [0.2, 0.25) is 0 Å². The van der Waals surface area contributed by atoms with Crippen LogP contribution in [0.1, 0.15) is 57.7 Å². The first-order valence-electron chi connectivity index (χ1n) is 7.55. The Morgan fingerprint density at radius 3 is 2.58 bits per heavy atom. The van der Waals surface area contributed by atoms with Crippen LogP contribution in [-0.2, 0) is 0 Å². The van der Waals surface area contributed by atoms with Crippen molar-refractivity contribution in [2.24, 2.45) is 5.92 Å². The van der Waals surface area contributed by atoms with Gasteiger partial charge in [-0.2, -0.15) is 0 Å². The summed E-state index contributed by atoms with van der Waals surface area (Å²) in [6, 6.07) is 6.81. The third-order valence-corrected chi connectivity index (χ3v) is 3.55. The lowest BCUT2D eigenvalue weighted by atomic mass is 10.0. The van der Waals surface area contributed by atoms with Crippen LogP contribution >= 0.6 is 0 Å². The molecule has 108 valence electrons. The molecule has 0 aliphatic heterocycles. The van der Waals surface area contributed by atoms with Crippen molar-refractivity contribution < 1.29 is 4.74 Å². The van der Waals surface area contributed by atoms with Gasteiger partial charge >= 0.3 is 0 Å². The van der Waals surface area contributed by atoms with Crippen LogP contribution < -0.4 is 10.1 Å². The first kappa shape index (κ1) is 16.0. The molecule has 1 aromatic carbocycles. The summed E-state index contributed by atoms with van der Waals surface area (Å²) >= 11 is 0. The summed E-state index contributed by atoms with van der Waals surface area (Å²) in [5.74, 6) is 1.63. The minimum absolute atomic E-state index is 0.340. The molecule has 1 N–H and O–H groups in total. The van der Waals surface area contributed by atoms with E-state index in [0.29, 0.717) is 12.0 Å². The maximum absolute atomic E-state index is 6.01. The van der Waals surface area contributed by atoms with Crippen molar-refractivity contribution in [2.45, 2.75) is 53.5 Å². The molecular weight excluding hydrogens is 234 g/mol. The van der Waals surface area contributed by atoms with Crippen LogP contribution in [0.3, 0.4) is 0 Å². The second-order valence-corrected chi connectivity index (χ2v) is 5.54. The molecule has 0 heterocycles. The second kappa shape index (κ2) is 8.21. The van der Waals surface area contributed by atoms with Crippen LogP contribution in [-0.4, -0.2) is 13.2 Å². The molecule has 0 spiro atoms. The van der Waals surface area contributed by atoms with Gasteiger partial charge in [0, 0.05) is 11.6 Å². The molecule has 1 rings (SSSR count). The SMILES string of the molecule is CCCNC(C)c1cc(C)ccc1OCC(C)CC. The van der Waals surface area contributed by atoms with Gasteiger partial charge in [0.15, 0.2) is 0 Å². The highest BCUT2D eigenvalue weighted by molar-refractivity contribution is 5.39. The zero-order chi connectivity index (χ0) is 14.3. The number of aryl methyl sites for hydroxylation is 1. The normalized spacial score (nSPS) is 14.2. The van der Waals surface area contributed by atoms with E-state index >= 15 is 0 Å². The largest absolute Gasteiger partial charge is 0.493 e. The van der Waals surface area contributed by atoms with E-state index in [4.69, 9.17) is 4.74 Å². The molecular formula is C17H29NO. The lowest BCUT2D eigenvalue weighted by molar-refractivity contribution is 0.252. The highest BCUT2D eigenvalue weighted by Crippen LogP contribution is 2.27. The van der Waals surface area contributed by atoms with Gasteiger partial charge in [-0.3, -0.25) is 0 Å². The molecule has 2 unspecified atom stereocenters. The Morgan fingerprint density at radius 1 is 1.21 bits per heavy atom. The summed E-state index contributed by atoms with van der Waals surface area (Å²) in [5.41, 5.74) is 2.56. The summed E-state index contributed by atoms with van der Waals surface area (Å²) in [4.78, 5) is 0. The van der Waals surface area contributed by atoms with Crippen LogP contribution in [0.25, 0.3) is 0 Å². The third-order valence-electron chi connectivity index (χ3n) is 3.55. The van der Waals surface area contributed by atoms with Crippen LogP contribution in [0.15, 0.2) is 18.2 Å². The molecule has 1 aromatic rings. The molecule has 2 heteroatoms. The first-order valence-corrected chi connectivity index (χ1v) is 7.55. The van der Waals surface area contributed by atoms with E-state index in [1.165, 1.54) is 11.1 Å². The van der Waals surface area contributed by atoms with Gasteiger partial charge < -0.3 is 10.1 Å². The summed E-state index contributed by atoms with van der Waals surface area (Å²) in [6.07, 6.45) is 2.31. The molecule has 0 aliphatic rings. The number of nitrogens with one attached hydrogen (secondary N) is 1. The van der Waals surface area contributed by atoms with Gasteiger partial charge in [-0.25, -0.2) is 0 Å². The number of ether oxygens (including phenoxy) is 1. The molecule has 0 fully saturated rings. The van der Waals surface area contributed by atoms with Crippen molar-refractivity contribution in [3.63, 3.8) is 0 Å². The minimum Gasteiger partial charge on any atom is -0.493 e. The third kappa shape index (κ3) is 5.23. The van der Waals surface area contributed by atoms with E-state index in [2.05, 4.69) is 58.1 Å². The topological polar surface area (TPSA) is 21.3 Å². The van der Waals surface area contributed by atoms with Gasteiger partial charge in [0.05, 0.1) is 6.61 Å². The molecule has 0 radical (unpaired) electrons. The van der Waals surface area contributed by atoms with Crippen molar-refractivity contribution >= 4 is 0 Å². The van der Waals surface area contributed by atoms with Crippen molar-refractivity contribution in [3.8, 4) is 5.75 Å². The van der Waals surface area contributed by atoms with Gasteiger partial charge in [0.2, 0.25) is 0 Å². The summed E-state index contributed by atoms with van der Waals surface area (Å²) in [7, 11) is 0. The Kier molecular flexibility index (Phi) is 6.93. The monoisotopic (exact) mass is 263 g/mol. The standard InChI is InChI=1S/C17H29NO/c1-6-10-18-15(5)16-11-14(4)8-9-17(16)19-12-13(3)7-2/h8-9,11,13,15,18H,6-7,10,12H2,1-5H3. The smallest absolute Gasteiger partial charge is 0.124 e. The van der Waals surface area contributed by atoms with E-state index in [-0.39, 0.29) is 0 Å². The van der Waals surface area contributed by atoms with Crippen LogP contribution in [0.4, 0.5) is 0 Å². The van der Waals surface area contributed by atoms with E-state index < -0.39 is 0 Å². The van der Waals surface area contributed by atoms with Gasteiger partial charge in [0.25, 0.3) is 0 Å². The molecule has 0 amide bonds. The fraction of sp³-hybridized carbons (Fsp3) is 0.647. The van der Waals surface area contributed by atoms with E-state index in [1.807, 2.05) is 0 Å². The quantitative estimate of drug-likeness (QED) is 0.746. The summed E-state index contributed by atoms with van der Waals surface area (Å²) < 4.78 is 6.01. The maximum Gasteiger partial charge on any atom is 0.124 e. The van der Waals surface area contributed by atoms with E-state index in [0.717, 1.165) is 31.7 Å². The lowest BCUT2D eigenvalue weighted by Gasteiger charge is -2.20. The minimum atomic E-state index is 0.340. The van der Waals surface area contributed by atoms with Gasteiger partial charge in [-0.05, 0) is 38.8 Å². The van der Waals surface area contributed by atoms with E-state index in [9.17, 15) is 0 Å². The summed E-state index contributed by atoms with van der Waals surface area (Å²) in [5, 5.41) is 3.54. The van der Waals surface area contributed by atoms with E-state index in [1.54, 1.807) is 0 Å². The fourth-order valence-electron chi connectivity index (χ4n) is 1.96. The lowest BCUT2D eigenvalue weighted by Crippen LogP contribution is -2.20. The zero-order valence-corrected chi connectivity index (χ0v) is 13.1. The van der Waals surface area contributed by atoms with Crippen LogP contribution in [0, 0.1) is 12.8 Å². The molecule has 0 aromatic heterocycles. The van der Waals surface area contributed by atoms with Crippen molar-refractivity contribution in [2.75, 3.05) is 13.2 Å². The Balaban J connectivity index is 2.78. The van der Waals surface area contributed by atoms with Crippen molar-refractivity contribution in [1.82, 2.24) is 5.32 Å². The molecule has 2 atom stereocenters. The number of hydrogen-bond acceptors (Lipinski definition) is 2. The van der Waals surface area contributed by atoms with Gasteiger partial charge in [-0.15, -0.1) is 0 Å². The molecule has 0 bridgehead atoms. The fourth-order valence-corrected chi connectivity index (χ4v) is 1.96. The predicted molar refractivity (Wildman–Crippen MR) is 82.8 cm³/mol. The molecule has 0 saturated heterocycles. The number of hydrogen-bond donors (Lipinski definition) is 1. The maximum atomic E-state index is 6.01. The first-order chi connectivity index (χ1) is 9.08. The van der Waals surface area contributed by atoms with Crippen molar-refractivity contribution in [3.05, 3.63) is 29.3 Å². The van der Waals surface area contributed by atoms with Gasteiger partial charge in [0.1, 0.15) is 5.75 Å². The molecule has 0 saturated carbocycles. The Bertz CT molecular complexity index is 376. The highest BCUT2D eigenvalue weighted by atomic mass is 16.5. The number of benzene rings is 1. The summed E-state index contributed by atoms with van der Waals surface area (Å²) in [6.45, 7) is 12.8. The molecule has 0 aliphatic carbocycles. The Morgan fingerprint density at radius 2 is 1.95 bits per heavy atom. The average molecular weight is 263 g/mol. The van der Waals surface area contributed by atoms with Crippen molar-refractivity contribution in [1.29, 1.82) is 0 Å². The molecule has 2 nitrogen and oxygen atoms in total. The van der Waals surface area contributed by atoms with Crippen LogP contribution in [0.5, 0.6) is 5.75 Å². The Hall–Kier alpha value is -1.02. The zero-order valence-electron chi connectivity index (χ0n) is 13.1. The van der Waals surface area contributed by atoms with Gasteiger partial charge in [-0.1, -0.05) is 44.9 Å². The highest BCUT2D eigenvalue weighted by Gasteiger charge is 2.12. The predicted octanol–water partition coefficient (Wildman–Crippen LogP) is 4.48. The molecule has 19 heavy (non-hydrogen) atoms. The average Bonchev–Trinajstić information content (AvgIpc) is 2.42. The second-order valence-electron chi connectivity index (χ2n) is 5.54.